The molecule has 2 amide bonds. The average molecular weight is 277 g/mol. The van der Waals surface area contributed by atoms with Gasteiger partial charge in [-0.3, -0.25) is 0 Å². The summed E-state index contributed by atoms with van der Waals surface area (Å²) in [4.78, 5) is 26.5. The van der Waals surface area contributed by atoms with Crippen LogP contribution in [0.3, 0.4) is 0 Å². The summed E-state index contributed by atoms with van der Waals surface area (Å²) in [6.45, 7) is 0.485. The Bertz CT molecular complexity index is 499. The van der Waals surface area contributed by atoms with Crippen molar-refractivity contribution in [3.63, 3.8) is 0 Å². The summed E-state index contributed by atoms with van der Waals surface area (Å²) in [5.41, 5.74) is 1.70. The number of carboxylic acids is 1. The molecule has 0 unspecified atom stereocenters. The predicted molar refractivity (Wildman–Crippen MR) is 77.2 cm³/mol. The number of carbonyl (C=O) groups excluding carboxylic acids is 1. The predicted octanol–water partition coefficient (Wildman–Crippen LogP) is 1.83. The maximum atomic E-state index is 12.1. The molecule has 1 aromatic carbocycles. The van der Waals surface area contributed by atoms with Crippen molar-refractivity contribution in [3.05, 3.63) is 24.3 Å². The van der Waals surface area contributed by atoms with E-state index in [0.29, 0.717) is 18.7 Å². The number of hydrogen-bond donors (Lipinski definition) is 2. The van der Waals surface area contributed by atoms with Gasteiger partial charge in [-0.05, 0) is 37.1 Å². The van der Waals surface area contributed by atoms with Crippen LogP contribution in [0, 0.1) is 0 Å². The van der Waals surface area contributed by atoms with E-state index in [1.165, 1.54) is 4.90 Å². The van der Waals surface area contributed by atoms with E-state index >= 15 is 0 Å². The molecule has 108 valence electrons. The van der Waals surface area contributed by atoms with Crippen LogP contribution in [0.1, 0.15) is 12.8 Å². The van der Waals surface area contributed by atoms with E-state index in [1.807, 2.05) is 31.1 Å². The second kappa shape index (κ2) is 5.81. The standard InChI is InChI=1S/C14H19N3O3/c1-16(2)11-7-5-10(6-8-11)15-14(20)17-9-3-4-12(17)13(18)19/h5-8,12H,3-4,9H2,1-2H3,(H,15,20)(H,18,19)/t12-/m1/s1. The highest BCUT2D eigenvalue weighted by Crippen LogP contribution is 2.20. The largest absolute Gasteiger partial charge is 0.480 e. The van der Waals surface area contributed by atoms with Crippen molar-refractivity contribution in [1.29, 1.82) is 0 Å². The summed E-state index contributed by atoms with van der Waals surface area (Å²) in [6.07, 6.45) is 1.24. The summed E-state index contributed by atoms with van der Waals surface area (Å²) in [5, 5.41) is 11.8. The van der Waals surface area contributed by atoms with Gasteiger partial charge in [0.1, 0.15) is 6.04 Å². The number of amides is 2. The summed E-state index contributed by atoms with van der Waals surface area (Å²) in [6, 6.07) is 6.34. The fourth-order valence-corrected chi connectivity index (χ4v) is 2.30. The highest BCUT2D eigenvalue weighted by atomic mass is 16.4. The first kappa shape index (κ1) is 14.2. The number of hydrogen-bond acceptors (Lipinski definition) is 3. The number of urea groups is 1. The molecule has 0 bridgehead atoms. The molecule has 1 heterocycles. The highest BCUT2D eigenvalue weighted by Gasteiger charge is 2.33. The van der Waals surface area contributed by atoms with Gasteiger partial charge in [-0.2, -0.15) is 0 Å². The van der Waals surface area contributed by atoms with E-state index in [0.717, 1.165) is 12.1 Å². The van der Waals surface area contributed by atoms with Crippen LogP contribution in [0.5, 0.6) is 0 Å². The minimum absolute atomic E-state index is 0.354. The second-order valence-corrected chi connectivity index (χ2v) is 5.06. The van der Waals surface area contributed by atoms with Crippen LogP contribution in [-0.4, -0.2) is 48.7 Å². The number of benzene rings is 1. The van der Waals surface area contributed by atoms with Crippen molar-refractivity contribution in [1.82, 2.24) is 4.90 Å². The lowest BCUT2D eigenvalue weighted by atomic mass is 10.2. The number of carbonyl (C=O) groups is 2. The molecule has 2 rings (SSSR count). The van der Waals surface area contributed by atoms with E-state index in [2.05, 4.69) is 5.32 Å². The van der Waals surface area contributed by atoms with E-state index in [4.69, 9.17) is 5.11 Å². The molecule has 0 aliphatic carbocycles. The summed E-state index contributed by atoms with van der Waals surface area (Å²) in [5.74, 6) is -0.944. The van der Waals surface area contributed by atoms with E-state index < -0.39 is 12.0 Å². The number of nitrogens with zero attached hydrogens (tertiary/aromatic N) is 2. The molecule has 1 aliphatic rings. The molecule has 1 atom stereocenters. The molecular formula is C14H19N3O3. The minimum Gasteiger partial charge on any atom is -0.480 e. The quantitative estimate of drug-likeness (QED) is 0.884. The Hall–Kier alpha value is -2.24. The van der Waals surface area contributed by atoms with Gasteiger partial charge in [-0.15, -0.1) is 0 Å². The van der Waals surface area contributed by atoms with Gasteiger partial charge in [0.05, 0.1) is 0 Å². The lowest BCUT2D eigenvalue weighted by Crippen LogP contribution is -2.42. The third-order valence-corrected chi connectivity index (χ3v) is 3.43. The molecule has 0 spiro atoms. The van der Waals surface area contributed by atoms with Gasteiger partial charge in [-0.1, -0.05) is 0 Å². The summed E-state index contributed by atoms with van der Waals surface area (Å²) < 4.78 is 0. The van der Waals surface area contributed by atoms with E-state index in [9.17, 15) is 9.59 Å². The Balaban J connectivity index is 2.02. The Morgan fingerprint density at radius 1 is 1.30 bits per heavy atom. The normalized spacial score (nSPS) is 17.9. The molecule has 2 N–H and O–H groups in total. The molecule has 6 nitrogen and oxygen atoms in total. The first-order chi connectivity index (χ1) is 9.49. The van der Waals surface area contributed by atoms with Gasteiger partial charge in [0.2, 0.25) is 0 Å². The number of aliphatic carboxylic acids is 1. The fraction of sp³-hybridized carbons (Fsp3) is 0.429. The average Bonchev–Trinajstić information content (AvgIpc) is 2.88. The van der Waals surface area contributed by atoms with Gasteiger partial charge in [0, 0.05) is 32.0 Å². The van der Waals surface area contributed by atoms with E-state index in [1.54, 1.807) is 12.1 Å². The number of likely N-dealkylation sites (tertiary alicyclic amines) is 1. The van der Waals surface area contributed by atoms with Crippen LogP contribution in [-0.2, 0) is 4.79 Å². The Labute approximate surface area is 118 Å². The van der Waals surface area contributed by atoms with Crippen LogP contribution in [0.15, 0.2) is 24.3 Å². The lowest BCUT2D eigenvalue weighted by molar-refractivity contribution is -0.141. The van der Waals surface area contributed by atoms with Crippen molar-refractivity contribution in [2.24, 2.45) is 0 Å². The minimum atomic E-state index is -0.944. The lowest BCUT2D eigenvalue weighted by Gasteiger charge is -2.22. The first-order valence-corrected chi connectivity index (χ1v) is 6.57. The van der Waals surface area contributed by atoms with Crippen LogP contribution in [0.25, 0.3) is 0 Å². The van der Waals surface area contributed by atoms with Gasteiger partial charge in [0.15, 0.2) is 0 Å². The van der Waals surface area contributed by atoms with Crippen molar-refractivity contribution < 1.29 is 14.7 Å². The number of rotatable bonds is 3. The molecule has 1 saturated heterocycles. The van der Waals surface area contributed by atoms with Crippen molar-refractivity contribution in [3.8, 4) is 0 Å². The third-order valence-electron chi connectivity index (χ3n) is 3.43. The SMILES string of the molecule is CN(C)c1ccc(NC(=O)N2CCC[C@@H]2C(=O)O)cc1. The maximum Gasteiger partial charge on any atom is 0.326 e. The molecule has 6 heteroatoms. The molecule has 0 saturated carbocycles. The fourth-order valence-electron chi connectivity index (χ4n) is 2.30. The van der Waals surface area contributed by atoms with Crippen molar-refractivity contribution in [2.75, 3.05) is 30.9 Å². The molecule has 0 radical (unpaired) electrons. The molecule has 1 aliphatic heterocycles. The Morgan fingerprint density at radius 3 is 2.50 bits per heavy atom. The maximum absolute atomic E-state index is 12.1. The zero-order valence-corrected chi connectivity index (χ0v) is 11.7. The van der Waals surface area contributed by atoms with Crippen LogP contribution in [0.4, 0.5) is 16.2 Å². The molecule has 1 fully saturated rings. The summed E-state index contributed by atoms with van der Waals surface area (Å²) in [7, 11) is 3.88. The molecule has 20 heavy (non-hydrogen) atoms. The number of carboxylic acid groups (broad SMARTS) is 1. The van der Waals surface area contributed by atoms with Gasteiger partial charge >= 0.3 is 12.0 Å². The van der Waals surface area contributed by atoms with Gasteiger partial charge in [0.25, 0.3) is 0 Å². The zero-order chi connectivity index (χ0) is 14.7. The van der Waals surface area contributed by atoms with Crippen LogP contribution >= 0.6 is 0 Å². The number of anilines is 2. The Kier molecular flexibility index (Phi) is 4.12. The highest BCUT2D eigenvalue weighted by molar-refractivity contribution is 5.92. The Morgan fingerprint density at radius 2 is 1.95 bits per heavy atom. The zero-order valence-electron chi connectivity index (χ0n) is 11.7. The third kappa shape index (κ3) is 3.01. The second-order valence-electron chi connectivity index (χ2n) is 5.06. The molecular weight excluding hydrogens is 258 g/mol. The monoisotopic (exact) mass is 277 g/mol. The van der Waals surface area contributed by atoms with Gasteiger partial charge < -0.3 is 20.2 Å². The van der Waals surface area contributed by atoms with Crippen LogP contribution in [0.2, 0.25) is 0 Å². The van der Waals surface area contributed by atoms with E-state index in [-0.39, 0.29) is 6.03 Å². The number of nitrogens with one attached hydrogen (secondary N) is 1. The molecule has 0 aromatic heterocycles. The first-order valence-electron chi connectivity index (χ1n) is 6.57. The van der Waals surface area contributed by atoms with Gasteiger partial charge in [-0.25, -0.2) is 9.59 Å². The van der Waals surface area contributed by atoms with Crippen LogP contribution < -0.4 is 10.2 Å². The summed E-state index contributed by atoms with van der Waals surface area (Å²) >= 11 is 0. The topological polar surface area (TPSA) is 72.9 Å². The molecule has 1 aromatic rings. The van der Waals surface area contributed by atoms with Crippen molar-refractivity contribution >= 4 is 23.4 Å². The van der Waals surface area contributed by atoms with Crippen molar-refractivity contribution in [2.45, 2.75) is 18.9 Å². The smallest absolute Gasteiger partial charge is 0.326 e.